The smallest absolute Gasteiger partial charge is 0.105 e. The standard InChI is InChI=1S/4C17H11N2.2C11H24O2.C5H12O2.4Ir/c4*1-11-16-14-8-4-2-6-12(14)13-7-3-5-9-15(13)17(16)19-10-18-11;1-10(2,3)8(12)7-9(13)11(4,5)6;1-8(2)5-10(12)7-11(13)6-9(3)4;1-4(6)3-5(2)7;;;;/h4*2-8,10H,1H3;8-9,12-13H,7H2,1-6H3;8-13H,5-7H2,1-4H3;4-7H,3H2,1-2H3;;;;/q4*-1;;;;;;;. The van der Waals surface area contributed by atoms with E-state index in [0.29, 0.717) is 31.1 Å². The quantitative estimate of drug-likeness (QED) is 0.0554. The molecule has 0 bridgehead atoms. The molecule has 0 aliphatic rings. The first-order valence-electron chi connectivity index (χ1n) is 37.8. The molecule has 4 aromatic heterocycles. The topological polar surface area (TPSA) is 224 Å². The molecule has 6 atom stereocenters. The van der Waals surface area contributed by atoms with Crippen LogP contribution in [0.15, 0.2) is 195 Å². The Balaban J connectivity index is 0.000000208. The third kappa shape index (κ3) is 23.4. The second-order valence-electron chi connectivity index (χ2n) is 31.5. The van der Waals surface area contributed by atoms with Crippen LogP contribution in [0, 0.1) is 74.6 Å². The molecule has 0 saturated carbocycles. The van der Waals surface area contributed by atoms with Gasteiger partial charge in [0.05, 0.1) is 36.6 Å². The SMILES string of the molecule is CC(C)(C)C(O)CC(O)C(C)(C)C.CC(C)CC(O)CC(O)CC(C)C.CC(O)CC(C)O.Cc1ncnc2c3[c-]cccc3c3ccccc3c12.Cc1ncnc2c3[c-]cccc3c3ccccc3c12.Cc1ncnc2c3[c-]cccc3c3ccccc3c12.Cc1ncnc2c3[c-]cccc3c3ccccc3c12.[Ir].[Ir].[Ir].[Ir]. The molecule has 0 aliphatic heterocycles. The predicted octanol–water partition coefficient (Wildman–Crippen LogP) is 20.7. The van der Waals surface area contributed by atoms with E-state index in [1.807, 2.05) is 118 Å². The van der Waals surface area contributed by atoms with Crippen molar-refractivity contribution in [3.63, 3.8) is 0 Å². The van der Waals surface area contributed by atoms with Gasteiger partial charge in [0, 0.05) is 110 Å². The summed E-state index contributed by atoms with van der Waals surface area (Å²) in [6, 6.07) is 71.3. The molecule has 0 aliphatic carbocycles. The van der Waals surface area contributed by atoms with Crippen LogP contribution in [-0.2, 0) is 80.4 Å². The zero-order chi connectivity index (χ0) is 78.4. The molecule has 16 rings (SSSR count). The van der Waals surface area contributed by atoms with Crippen LogP contribution in [0.3, 0.4) is 0 Å². The van der Waals surface area contributed by atoms with Crippen LogP contribution in [0.1, 0.15) is 138 Å². The first kappa shape index (κ1) is 94.3. The molecule has 6 unspecified atom stereocenters. The third-order valence-electron chi connectivity index (χ3n) is 19.6. The monoisotopic (exact) mass is 2220 g/mol. The summed E-state index contributed by atoms with van der Waals surface area (Å²) >= 11 is 0. The molecule has 4 heterocycles. The van der Waals surface area contributed by atoms with Crippen molar-refractivity contribution >= 4 is 130 Å². The Bertz CT molecular complexity index is 4950. The number of benzene rings is 12. The van der Waals surface area contributed by atoms with E-state index in [1.54, 1.807) is 39.2 Å². The van der Waals surface area contributed by atoms with Crippen molar-refractivity contribution in [2.45, 2.75) is 180 Å². The summed E-state index contributed by atoms with van der Waals surface area (Å²) in [6.45, 7) is 31.7. The average Bonchev–Trinajstić information content (AvgIpc) is 0.764. The van der Waals surface area contributed by atoms with Gasteiger partial charge < -0.3 is 30.6 Å². The molecule has 16 aromatic rings. The number of nitrogens with zero attached hydrogens (tertiary/aromatic N) is 8. The minimum Gasteiger partial charge on any atom is -0.393 e. The number of hydrogen-bond acceptors (Lipinski definition) is 14. The van der Waals surface area contributed by atoms with Gasteiger partial charge in [-0.2, -0.15) is 0 Å². The van der Waals surface area contributed by atoms with Crippen molar-refractivity contribution in [1.29, 1.82) is 0 Å². The Hall–Kier alpha value is -7.56. The molecular formula is C95H104Ir4N8O6-4. The first-order chi connectivity index (χ1) is 52.0. The van der Waals surface area contributed by atoms with Crippen molar-refractivity contribution in [1.82, 2.24) is 39.9 Å². The van der Waals surface area contributed by atoms with Gasteiger partial charge >= 0.3 is 0 Å². The molecule has 12 aromatic carbocycles. The Kier molecular flexibility index (Phi) is 35.8. The molecule has 4 radical (unpaired) electrons. The zero-order valence-corrected chi connectivity index (χ0v) is 76.8. The maximum atomic E-state index is 9.76. The number of fused-ring (bicyclic) bond motifs is 24. The minimum absolute atomic E-state index is 0. The molecule has 0 fully saturated rings. The summed E-state index contributed by atoms with van der Waals surface area (Å²) in [5.41, 5.74) is 7.71. The van der Waals surface area contributed by atoms with Crippen LogP contribution in [-0.4, -0.2) is 107 Å². The number of aliphatic hydroxyl groups excluding tert-OH is 6. The Labute approximate surface area is 719 Å². The molecule has 14 nitrogen and oxygen atoms in total. The molecule has 6 N–H and O–H groups in total. The molecule has 18 heteroatoms. The predicted molar refractivity (Wildman–Crippen MR) is 452 cm³/mol. The van der Waals surface area contributed by atoms with Crippen LogP contribution < -0.4 is 0 Å². The zero-order valence-electron chi connectivity index (χ0n) is 67.2. The van der Waals surface area contributed by atoms with Gasteiger partial charge in [0.25, 0.3) is 0 Å². The van der Waals surface area contributed by atoms with Crippen LogP contribution in [0.4, 0.5) is 0 Å². The fourth-order valence-corrected chi connectivity index (χ4v) is 14.1. The number of aromatic nitrogens is 8. The van der Waals surface area contributed by atoms with Crippen LogP contribution in [0.2, 0.25) is 0 Å². The fourth-order valence-electron chi connectivity index (χ4n) is 14.1. The molecule has 0 spiro atoms. The van der Waals surface area contributed by atoms with Gasteiger partial charge in [0.15, 0.2) is 0 Å². The van der Waals surface area contributed by atoms with Gasteiger partial charge in [-0.1, -0.05) is 209 Å². The van der Waals surface area contributed by atoms with Crippen molar-refractivity contribution in [2.24, 2.45) is 22.7 Å². The normalized spacial score (nSPS) is 12.9. The van der Waals surface area contributed by atoms with Gasteiger partial charge in [-0.15, -0.1) is 119 Å². The third-order valence-corrected chi connectivity index (χ3v) is 19.6. The van der Waals surface area contributed by atoms with Gasteiger partial charge in [-0.25, -0.2) is 19.9 Å². The molecule has 600 valence electrons. The molecular weight excluding hydrogens is 2120 g/mol. The van der Waals surface area contributed by atoms with E-state index in [9.17, 15) is 20.4 Å². The second-order valence-corrected chi connectivity index (χ2v) is 31.5. The summed E-state index contributed by atoms with van der Waals surface area (Å²) in [6.07, 6.45) is 7.23. The maximum absolute atomic E-state index is 9.76. The summed E-state index contributed by atoms with van der Waals surface area (Å²) in [4.78, 5) is 35.3. The minimum atomic E-state index is -0.443. The molecule has 0 saturated heterocycles. The van der Waals surface area contributed by atoms with E-state index >= 15 is 0 Å². The van der Waals surface area contributed by atoms with E-state index in [4.69, 9.17) is 10.2 Å². The van der Waals surface area contributed by atoms with E-state index in [-0.39, 0.29) is 116 Å². The van der Waals surface area contributed by atoms with E-state index in [2.05, 4.69) is 213 Å². The summed E-state index contributed by atoms with van der Waals surface area (Å²) in [5, 5.41) is 79.1. The van der Waals surface area contributed by atoms with Gasteiger partial charge in [0.2, 0.25) is 0 Å². The summed E-state index contributed by atoms with van der Waals surface area (Å²) in [5.74, 6) is 1.00. The van der Waals surface area contributed by atoms with E-state index < -0.39 is 12.2 Å². The van der Waals surface area contributed by atoms with Gasteiger partial charge in [-0.05, 0) is 155 Å². The van der Waals surface area contributed by atoms with Crippen molar-refractivity contribution in [3.05, 3.63) is 242 Å². The van der Waals surface area contributed by atoms with Crippen molar-refractivity contribution in [3.8, 4) is 0 Å². The van der Waals surface area contributed by atoms with Gasteiger partial charge in [0.1, 0.15) is 25.3 Å². The number of aryl methyl sites for hydroxylation is 4. The van der Waals surface area contributed by atoms with Crippen LogP contribution in [0.25, 0.3) is 130 Å². The van der Waals surface area contributed by atoms with Crippen LogP contribution in [0.5, 0.6) is 0 Å². The Morgan fingerprint density at radius 1 is 0.274 bits per heavy atom. The van der Waals surface area contributed by atoms with E-state index in [0.717, 1.165) is 101 Å². The van der Waals surface area contributed by atoms with E-state index in [1.165, 1.54) is 64.6 Å². The molecule has 113 heavy (non-hydrogen) atoms. The number of hydrogen-bond donors (Lipinski definition) is 6. The van der Waals surface area contributed by atoms with Crippen molar-refractivity contribution in [2.75, 3.05) is 0 Å². The summed E-state index contributed by atoms with van der Waals surface area (Å²) in [7, 11) is 0. The Morgan fingerprint density at radius 3 is 0.681 bits per heavy atom. The fraction of sp³-hybridized carbons (Fsp3) is 0.326. The van der Waals surface area contributed by atoms with Crippen LogP contribution >= 0.6 is 0 Å². The second kappa shape index (κ2) is 42.9. The largest absolute Gasteiger partial charge is 0.393 e. The number of aliphatic hydroxyl groups is 6. The summed E-state index contributed by atoms with van der Waals surface area (Å²) < 4.78 is 0. The maximum Gasteiger partial charge on any atom is 0.105 e. The first-order valence-corrected chi connectivity index (χ1v) is 37.8. The van der Waals surface area contributed by atoms with Gasteiger partial charge in [-0.3, -0.25) is 19.9 Å². The number of rotatable bonds is 10. The van der Waals surface area contributed by atoms with Crippen molar-refractivity contribution < 1.29 is 111 Å². The molecule has 0 amide bonds. The Morgan fingerprint density at radius 2 is 0.487 bits per heavy atom. The average molecular weight is 2220 g/mol.